The van der Waals surface area contributed by atoms with Gasteiger partial charge < -0.3 is 11.5 Å². The normalized spacial score (nSPS) is 23.1. The summed E-state index contributed by atoms with van der Waals surface area (Å²) in [6, 6.07) is 6.03. The average Bonchev–Trinajstić information content (AvgIpc) is 2.27. The average molecular weight is 216 g/mol. The topological polar surface area (TPSA) is 52.0 Å². The van der Waals surface area contributed by atoms with Gasteiger partial charge in [0.25, 0.3) is 0 Å². The SMILES string of the molecule is CCCCC1(N)CC=Cc2cccc(N)c21. The second kappa shape index (κ2) is 4.30. The van der Waals surface area contributed by atoms with Crippen molar-refractivity contribution in [3.05, 3.63) is 35.4 Å². The molecule has 2 rings (SSSR count). The molecule has 2 nitrogen and oxygen atoms in total. The molecule has 4 N–H and O–H groups in total. The molecule has 1 aliphatic rings. The number of unbranched alkanes of at least 4 members (excludes halogenated alkanes) is 1. The molecule has 0 fully saturated rings. The lowest BCUT2D eigenvalue weighted by molar-refractivity contribution is 0.396. The maximum Gasteiger partial charge on any atom is 0.0471 e. The summed E-state index contributed by atoms with van der Waals surface area (Å²) in [5, 5.41) is 0. The molecular formula is C14H20N2. The second-order valence-corrected chi connectivity index (χ2v) is 4.68. The second-order valence-electron chi connectivity index (χ2n) is 4.68. The van der Waals surface area contributed by atoms with Gasteiger partial charge in [-0.05, 0) is 24.5 Å². The molecule has 16 heavy (non-hydrogen) atoms. The molecule has 2 heteroatoms. The Kier molecular flexibility index (Phi) is 3.01. The van der Waals surface area contributed by atoms with Gasteiger partial charge in [0.05, 0.1) is 0 Å². The summed E-state index contributed by atoms with van der Waals surface area (Å²) in [4.78, 5) is 0. The Balaban J connectivity index is 2.42. The predicted molar refractivity (Wildman–Crippen MR) is 69.9 cm³/mol. The van der Waals surface area contributed by atoms with E-state index in [2.05, 4.69) is 25.1 Å². The van der Waals surface area contributed by atoms with E-state index in [1.807, 2.05) is 12.1 Å². The number of rotatable bonds is 3. The van der Waals surface area contributed by atoms with Crippen molar-refractivity contribution >= 4 is 11.8 Å². The van der Waals surface area contributed by atoms with E-state index in [0.29, 0.717) is 0 Å². The van der Waals surface area contributed by atoms with Gasteiger partial charge in [-0.2, -0.15) is 0 Å². The van der Waals surface area contributed by atoms with Crippen LogP contribution in [0, 0.1) is 0 Å². The van der Waals surface area contributed by atoms with E-state index < -0.39 is 0 Å². The number of anilines is 1. The Hall–Kier alpha value is -1.28. The first-order valence-electron chi connectivity index (χ1n) is 6.02. The number of hydrogen-bond donors (Lipinski definition) is 2. The zero-order chi connectivity index (χ0) is 11.6. The molecule has 1 aromatic rings. The Bertz CT molecular complexity index is 409. The molecule has 0 spiro atoms. The van der Waals surface area contributed by atoms with Crippen LogP contribution in [0.4, 0.5) is 5.69 Å². The molecule has 0 radical (unpaired) electrons. The van der Waals surface area contributed by atoms with E-state index in [1.165, 1.54) is 12.0 Å². The number of nitrogens with two attached hydrogens (primary N) is 2. The van der Waals surface area contributed by atoms with Crippen LogP contribution in [0.5, 0.6) is 0 Å². The predicted octanol–water partition coefficient (Wildman–Crippen LogP) is 3.03. The molecule has 0 saturated carbocycles. The van der Waals surface area contributed by atoms with Crippen molar-refractivity contribution in [3.63, 3.8) is 0 Å². The van der Waals surface area contributed by atoms with Gasteiger partial charge in [0.15, 0.2) is 0 Å². The van der Waals surface area contributed by atoms with Crippen LogP contribution >= 0.6 is 0 Å². The maximum absolute atomic E-state index is 6.53. The van der Waals surface area contributed by atoms with Crippen molar-refractivity contribution in [2.45, 2.75) is 38.1 Å². The van der Waals surface area contributed by atoms with E-state index in [4.69, 9.17) is 11.5 Å². The van der Waals surface area contributed by atoms with Crippen LogP contribution in [-0.2, 0) is 5.54 Å². The minimum absolute atomic E-state index is 0.258. The summed E-state index contributed by atoms with van der Waals surface area (Å²) < 4.78 is 0. The highest BCUT2D eigenvalue weighted by atomic mass is 14.8. The van der Waals surface area contributed by atoms with Crippen LogP contribution in [0.3, 0.4) is 0 Å². The molecule has 0 heterocycles. The van der Waals surface area contributed by atoms with E-state index in [-0.39, 0.29) is 5.54 Å². The molecule has 0 saturated heterocycles. The van der Waals surface area contributed by atoms with Crippen LogP contribution < -0.4 is 11.5 Å². The van der Waals surface area contributed by atoms with Crippen molar-refractivity contribution in [1.29, 1.82) is 0 Å². The molecule has 0 aliphatic heterocycles. The lowest BCUT2D eigenvalue weighted by Gasteiger charge is -2.34. The fraction of sp³-hybridized carbons (Fsp3) is 0.429. The summed E-state index contributed by atoms with van der Waals surface area (Å²) in [5.74, 6) is 0. The molecule has 0 amide bonds. The third kappa shape index (κ3) is 1.85. The van der Waals surface area contributed by atoms with Gasteiger partial charge in [0.1, 0.15) is 0 Å². The van der Waals surface area contributed by atoms with E-state index in [9.17, 15) is 0 Å². The quantitative estimate of drug-likeness (QED) is 0.763. The zero-order valence-corrected chi connectivity index (χ0v) is 9.87. The van der Waals surface area contributed by atoms with Crippen LogP contribution in [-0.4, -0.2) is 0 Å². The Morgan fingerprint density at radius 3 is 2.94 bits per heavy atom. The Labute approximate surface area is 97.3 Å². The van der Waals surface area contributed by atoms with E-state index in [0.717, 1.165) is 30.5 Å². The van der Waals surface area contributed by atoms with Gasteiger partial charge in [0, 0.05) is 16.8 Å². The molecular weight excluding hydrogens is 196 g/mol. The molecule has 1 aromatic carbocycles. The minimum Gasteiger partial charge on any atom is -0.398 e. The minimum atomic E-state index is -0.258. The first-order chi connectivity index (χ1) is 7.67. The summed E-state index contributed by atoms with van der Waals surface area (Å²) in [5.41, 5.74) is 15.5. The van der Waals surface area contributed by atoms with Crippen LogP contribution in [0.1, 0.15) is 43.7 Å². The number of benzene rings is 1. The van der Waals surface area contributed by atoms with Crippen molar-refractivity contribution in [2.24, 2.45) is 5.73 Å². The Morgan fingerprint density at radius 2 is 2.19 bits per heavy atom. The van der Waals surface area contributed by atoms with Gasteiger partial charge >= 0.3 is 0 Å². The van der Waals surface area contributed by atoms with Crippen LogP contribution in [0.2, 0.25) is 0 Å². The molecule has 1 atom stereocenters. The lowest BCUT2D eigenvalue weighted by atomic mass is 9.77. The maximum atomic E-state index is 6.53. The first-order valence-corrected chi connectivity index (χ1v) is 6.02. The zero-order valence-electron chi connectivity index (χ0n) is 9.87. The van der Waals surface area contributed by atoms with Gasteiger partial charge in [-0.3, -0.25) is 0 Å². The summed E-state index contributed by atoms with van der Waals surface area (Å²) in [7, 11) is 0. The van der Waals surface area contributed by atoms with Crippen molar-refractivity contribution < 1.29 is 0 Å². The largest absolute Gasteiger partial charge is 0.398 e. The van der Waals surface area contributed by atoms with Gasteiger partial charge in [0.2, 0.25) is 0 Å². The van der Waals surface area contributed by atoms with Gasteiger partial charge in [-0.25, -0.2) is 0 Å². The molecule has 86 valence electrons. The van der Waals surface area contributed by atoms with Crippen LogP contribution in [0.15, 0.2) is 24.3 Å². The smallest absolute Gasteiger partial charge is 0.0471 e. The highest BCUT2D eigenvalue weighted by Gasteiger charge is 2.31. The van der Waals surface area contributed by atoms with Crippen LogP contribution in [0.25, 0.3) is 6.08 Å². The van der Waals surface area contributed by atoms with E-state index in [1.54, 1.807) is 0 Å². The number of nitrogen functional groups attached to an aromatic ring is 1. The third-order valence-corrected chi connectivity index (χ3v) is 3.38. The summed E-state index contributed by atoms with van der Waals surface area (Å²) in [6.45, 7) is 2.19. The van der Waals surface area contributed by atoms with Crippen molar-refractivity contribution in [2.75, 3.05) is 5.73 Å². The Morgan fingerprint density at radius 1 is 1.38 bits per heavy atom. The molecule has 0 bridgehead atoms. The van der Waals surface area contributed by atoms with Crippen molar-refractivity contribution in [1.82, 2.24) is 0 Å². The highest BCUT2D eigenvalue weighted by molar-refractivity contribution is 5.67. The highest BCUT2D eigenvalue weighted by Crippen LogP contribution is 2.38. The summed E-state index contributed by atoms with van der Waals surface area (Å²) >= 11 is 0. The third-order valence-electron chi connectivity index (χ3n) is 3.38. The first kappa shape index (κ1) is 11.2. The fourth-order valence-electron chi connectivity index (χ4n) is 2.52. The molecule has 0 aromatic heterocycles. The summed E-state index contributed by atoms with van der Waals surface area (Å²) in [6.07, 6.45) is 8.52. The lowest BCUT2D eigenvalue weighted by Crippen LogP contribution is -2.38. The standard InChI is InChI=1S/C14H20N2/c1-2-3-9-14(16)10-5-7-11-6-4-8-12(15)13(11)14/h4-8H,2-3,9-10,15-16H2,1H3. The van der Waals surface area contributed by atoms with Crippen molar-refractivity contribution in [3.8, 4) is 0 Å². The number of hydrogen-bond acceptors (Lipinski definition) is 2. The number of fused-ring (bicyclic) bond motifs is 1. The fourth-order valence-corrected chi connectivity index (χ4v) is 2.52. The van der Waals surface area contributed by atoms with Gasteiger partial charge in [-0.15, -0.1) is 0 Å². The molecule has 1 unspecified atom stereocenters. The van der Waals surface area contributed by atoms with E-state index >= 15 is 0 Å². The monoisotopic (exact) mass is 216 g/mol. The van der Waals surface area contributed by atoms with Gasteiger partial charge in [-0.1, -0.05) is 44.1 Å². The molecule has 1 aliphatic carbocycles.